The third-order valence-electron chi connectivity index (χ3n) is 5.61. The lowest BCUT2D eigenvalue weighted by atomic mass is 10.1. The Hall–Kier alpha value is -3.29. The molecule has 204 valence electrons. The Labute approximate surface area is 255 Å². The molecule has 1 aromatic carbocycles. The quantitative estimate of drug-likeness (QED) is 0.171. The van der Waals surface area contributed by atoms with Crippen LogP contribution in [-0.2, 0) is 6.42 Å². The van der Waals surface area contributed by atoms with Gasteiger partial charge in [-0.15, -0.1) is 27.8 Å². The number of aryl methyl sites for hydroxylation is 1. The van der Waals surface area contributed by atoms with E-state index >= 15 is 0 Å². The van der Waals surface area contributed by atoms with Crippen LogP contribution in [0.25, 0.3) is 5.82 Å². The van der Waals surface area contributed by atoms with E-state index in [4.69, 9.17) is 27.9 Å². The number of thiazole rings is 1. The summed E-state index contributed by atoms with van der Waals surface area (Å²) in [5.41, 5.74) is 3.19. The largest absolute Gasteiger partial charge is 0.437 e. The topological polar surface area (TPSA) is 111 Å². The van der Waals surface area contributed by atoms with E-state index in [0.29, 0.717) is 28.2 Å². The van der Waals surface area contributed by atoms with Gasteiger partial charge in [0.1, 0.15) is 11.4 Å². The smallest absolute Gasteiger partial charge is 0.274 e. The van der Waals surface area contributed by atoms with Crippen molar-refractivity contribution >= 4 is 79.3 Å². The number of aromatic nitrogens is 4. The monoisotopic (exact) mass is 676 g/mol. The van der Waals surface area contributed by atoms with Crippen molar-refractivity contribution in [3.05, 3.63) is 95.2 Å². The number of carbonyl (C=O) groups excluding carboxylic acids is 2. The maximum Gasteiger partial charge on any atom is 0.274 e. The molecule has 0 spiro atoms. The van der Waals surface area contributed by atoms with Gasteiger partial charge in [0.15, 0.2) is 5.82 Å². The first-order valence-corrected chi connectivity index (χ1v) is 15.1. The Kier molecular flexibility index (Phi) is 8.81. The molecular formula is C26H19BrCl2N6O3S2. The first kappa shape index (κ1) is 28.2. The Bertz CT molecular complexity index is 1690. The molecule has 2 N–H and O–H groups in total. The lowest BCUT2D eigenvalue weighted by Gasteiger charge is -2.14. The maximum absolute atomic E-state index is 13.7. The number of pyridine rings is 1. The van der Waals surface area contributed by atoms with Crippen LogP contribution in [0.3, 0.4) is 0 Å². The number of nitrogens with zero attached hydrogens (tertiary/aromatic N) is 4. The van der Waals surface area contributed by atoms with Crippen LogP contribution in [0.4, 0.5) is 5.69 Å². The molecule has 5 rings (SSSR count). The average molecular weight is 678 g/mol. The van der Waals surface area contributed by atoms with Gasteiger partial charge in [-0.25, -0.2) is 14.6 Å². The number of benzene rings is 1. The summed E-state index contributed by atoms with van der Waals surface area (Å²) in [7, 11) is 0. The van der Waals surface area contributed by atoms with Crippen LogP contribution in [0, 0.1) is 6.92 Å². The van der Waals surface area contributed by atoms with E-state index in [-0.39, 0.29) is 33.7 Å². The molecule has 0 bridgehead atoms. The maximum atomic E-state index is 13.7. The molecular weight excluding hydrogens is 659 g/mol. The number of nitrogens with one attached hydrogen (secondary N) is 2. The minimum atomic E-state index is -0.579. The molecule has 40 heavy (non-hydrogen) atoms. The van der Waals surface area contributed by atoms with Crippen LogP contribution in [0.5, 0.6) is 11.6 Å². The molecule has 0 aliphatic heterocycles. The zero-order valence-electron chi connectivity index (χ0n) is 20.7. The molecule has 0 radical (unpaired) electrons. The van der Waals surface area contributed by atoms with Crippen molar-refractivity contribution in [3.63, 3.8) is 0 Å². The highest BCUT2D eigenvalue weighted by molar-refractivity contribution is 9.10. The second kappa shape index (κ2) is 12.5. The summed E-state index contributed by atoms with van der Waals surface area (Å²) in [6.07, 6.45) is 2.11. The van der Waals surface area contributed by atoms with Gasteiger partial charge in [0.2, 0.25) is 5.88 Å². The number of amides is 2. The third-order valence-corrected chi connectivity index (χ3v) is 8.21. The van der Waals surface area contributed by atoms with Crippen molar-refractivity contribution in [3.8, 4) is 17.4 Å². The van der Waals surface area contributed by atoms with Crippen molar-refractivity contribution in [2.45, 2.75) is 13.3 Å². The highest BCUT2D eigenvalue weighted by Crippen LogP contribution is 2.32. The van der Waals surface area contributed by atoms with Gasteiger partial charge in [-0.05, 0) is 58.6 Å². The molecule has 0 atom stereocenters. The van der Waals surface area contributed by atoms with E-state index < -0.39 is 11.8 Å². The van der Waals surface area contributed by atoms with Gasteiger partial charge in [0, 0.05) is 45.0 Å². The predicted molar refractivity (Wildman–Crippen MR) is 161 cm³/mol. The fourth-order valence-electron chi connectivity index (χ4n) is 3.71. The number of hydrogen-bond donors (Lipinski definition) is 2. The van der Waals surface area contributed by atoms with Crippen LogP contribution >= 0.6 is 61.8 Å². The van der Waals surface area contributed by atoms with E-state index in [2.05, 4.69) is 41.6 Å². The summed E-state index contributed by atoms with van der Waals surface area (Å²) >= 11 is 19.1. The van der Waals surface area contributed by atoms with Crippen LogP contribution in [0.1, 0.15) is 31.4 Å². The van der Waals surface area contributed by atoms with Crippen molar-refractivity contribution in [1.29, 1.82) is 0 Å². The number of carbonyl (C=O) groups is 2. The second-order valence-corrected chi connectivity index (χ2v) is 11.8. The van der Waals surface area contributed by atoms with Gasteiger partial charge >= 0.3 is 0 Å². The summed E-state index contributed by atoms with van der Waals surface area (Å²) in [6.45, 7) is 2.34. The van der Waals surface area contributed by atoms with Crippen LogP contribution in [-0.4, -0.2) is 38.1 Å². The molecule has 0 saturated heterocycles. The number of hydrogen-bond acceptors (Lipinski definition) is 8. The molecule has 5 aromatic rings. The van der Waals surface area contributed by atoms with Crippen molar-refractivity contribution in [2.75, 3.05) is 11.9 Å². The van der Waals surface area contributed by atoms with Crippen molar-refractivity contribution in [1.82, 2.24) is 25.1 Å². The second-order valence-electron chi connectivity index (χ2n) is 8.28. The van der Waals surface area contributed by atoms with E-state index in [0.717, 1.165) is 10.6 Å². The SMILES string of the molecule is Cc1scnc1CCNC(=O)c1cc(Cl)cc(Br)c1NC(=O)c1cc(Oc2ccsc2)nn1-c1ncccc1Cl. The van der Waals surface area contributed by atoms with Crippen molar-refractivity contribution in [2.24, 2.45) is 0 Å². The Morgan fingerprint density at radius 1 is 1.15 bits per heavy atom. The molecule has 2 amide bonds. The molecule has 4 aromatic heterocycles. The summed E-state index contributed by atoms with van der Waals surface area (Å²) < 4.78 is 7.53. The van der Waals surface area contributed by atoms with E-state index in [1.165, 1.54) is 34.3 Å². The Morgan fingerprint density at radius 2 is 2.00 bits per heavy atom. The number of anilines is 1. The Morgan fingerprint density at radius 3 is 2.73 bits per heavy atom. The number of ether oxygens (including phenoxy) is 1. The summed E-state index contributed by atoms with van der Waals surface area (Å²) in [4.78, 5) is 36.6. The first-order chi connectivity index (χ1) is 19.3. The van der Waals surface area contributed by atoms with E-state index in [1.54, 1.807) is 46.5 Å². The minimum absolute atomic E-state index is 0.0815. The molecule has 0 aliphatic rings. The highest BCUT2D eigenvalue weighted by Gasteiger charge is 2.24. The standard InChI is InChI=1S/C26H19BrCl2N6O3S2/c1-14-20(32-13-40-14)4-7-31-25(36)17-9-15(28)10-18(27)23(17)33-26(37)21-11-22(38-16-5-8-39-12-16)34-35(21)24-19(29)3-2-6-30-24/h2-3,5-6,8-13H,4,7H2,1H3,(H,31,36)(H,33,37). The molecule has 9 nitrogen and oxygen atoms in total. The van der Waals surface area contributed by atoms with Gasteiger partial charge in [-0.2, -0.15) is 0 Å². The summed E-state index contributed by atoms with van der Waals surface area (Å²) in [6, 6.07) is 9.63. The molecule has 0 fully saturated rings. The Balaban J connectivity index is 1.44. The zero-order chi connectivity index (χ0) is 28.2. The first-order valence-electron chi connectivity index (χ1n) is 11.7. The molecule has 4 heterocycles. The summed E-state index contributed by atoms with van der Waals surface area (Å²) in [5.74, 6) is -0.0182. The normalized spacial score (nSPS) is 10.9. The van der Waals surface area contributed by atoms with Gasteiger partial charge in [0.25, 0.3) is 11.8 Å². The van der Waals surface area contributed by atoms with Crippen LogP contribution in [0.2, 0.25) is 10.0 Å². The molecule has 0 unspecified atom stereocenters. The summed E-state index contributed by atoms with van der Waals surface area (Å²) in [5, 5.41) is 14.4. The van der Waals surface area contributed by atoms with Gasteiger partial charge in [0.05, 0.1) is 27.5 Å². The number of thiophene rings is 1. The van der Waals surface area contributed by atoms with E-state index in [9.17, 15) is 9.59 Å². The fraction of sp³-hybridized carbons (Fsp3) is 0.115. The number of halogens is 3. The molecule has 0 aliphatic carbocycles. The molecule has 0 saturated carbocycles. The minimum Gasteiger partial charge on any atom is -0.437 e. The van der Waals surface area contributed by atoms with Crippen LogP contribution in [0.15, 0.2) is 63.3 Å². The lowest BCUT2D eigenvalue weighted by Crippen LogP contribution is -2.28. The van der Waals surface area contributed by atoms with E-state index in [1.807, 2.05) is 12.3 Å². The van der Waals surface area contributed by atoms with Crippen LogP contribution < -0.4 is 15.4 Å². The lowest BCUT2D eigenvalue weighted by molar-refractivity contribution is 0.0955. The predicted octanol–water partition coefficient (Wildman–Crippen LogP) is 7.18. The zero-order valence-corrected chi connectivity index (χ0v) is 25.4. The van der Waals surface area contributed by atoms with Gasteiger partial charge in [-0.3, -0.25) is 9.59 Å². The van der Waals surface area contributed by atoms with Gasteiger partial charge in [-0.1, -0.05) is 23.2 Å². The fourth-order valence-corrected chi connectivity index (χ4v) is 6.00. The third kappa shape index (κ3) is 6.37. The average Bonchev–Trinajstić information content (AvgIpc) is 3.68. The molecule has 14 heteroatoms. The van der Waals surface area contributed by atoms with Crippen molar-refractivity contribution < 1.29 is 14.3 Å². The highest BCUT2D eigenvalue weighted by atomic mass is 79.9. The van der Waals surface area contributed by atoms with Gasteiger partial charge < -0.3 is 15.4 Å². The number of rotatable bonds is 9.